The summed E-state index contributed by atoms with van der Waals surface area (Å²) >= 11 is 0. The van der Waals surface area contributed by atoms with Crippen molar-refractivity contribution in [2.24, 2.45) is 46.3 Å². The van der Waals surface area contributed by atoms with Crippen LogP contribution in [0.3, 0.4) is 0 Å². The Morgan fingerprint density at radius 2 is 1.68 bits per heavy atom. The first-order valence-electron chi connectivity index (χ1n) is 16.7. The third-order valence-electron chi connectivity index (χ3n) is 12.2. The van der Waals surface area contributed by atoms with Gasteiger partial charge in [0.1, 0.15) is 0 Å². The maximum absolute atomic E-state index is 12.5. The average molecular weight is 585 g/mol. The topological polar surface area (TPSA) is 52.6 Å². The number of allylic oxidation sites excluding steroid dienone is 1. The van der Waals surface area contributed by atoms with Crippen molar-refractivity contribution in [3.05, 3.63) is 41.5 Å². The van der Waals surface area contributed by atoms with Crippen LogP contribution in [0.1, 0.15) is 111 Å². The first-order chi connectivity index (χ1) is 19.4. The summed E-state index contributed by atoms with van der Waals surface area (Å²) in [7, 11) is -3.74. The summed E-state index contributed by atoms with van der Waals surface area (Å²) in [5.41, 5.74) is 3.47. The largest absolute Gasteiger partial charge is 0.375 e. The van der Waals surface area contributed by atoms with E-state index in [0.717, 1.165) is 53.9 Å². The first kappa shape index (κ1) is 31.3. The molecule has 4 aliphatic rings. The van der Waals surface area contributed by atoms with Crippen molar-refractivity contribution >= 4 is 10.1 Å². The normalized spacial score (nSPS) is 35.9. The molecule has 0 bridgehead atoms. The second-order valence-electron chi connectivity index (χ2n) is 15.1. The van der Waals surface area contributed by atoms with Gasteiger partial charge < -0.3 is 4.74 Å². The molecule has 0 aromatic heterocycles. The molecule has 0 heterocycles. The molecule has 8 atom stereocenters. The van der Waals surface area contributed by atoms with Crippen molar-refractivity contribution in [3.63, 3.8) is 0 Å². The zero-order valence-electron chi connectivity index (χ0n) is 26.7. The Labute approximate surface area is 251 Å². The third kappa shape index (κ3) is 6.38. The summed E-state index contributed by atoms with van der Waals surface area (Å²) in [6, 6.07) is 6.79. The second kappa shape index (κ2) is 12.4. The SMILES string of the molecule is Cc1ccc(S(=O)(=O)OCCO[C@H]2CC[C@@]3(C)C(=CCC4C3CC[C@@]3(C)C4CC[C@@H]3[C@H](C)CCCC(C)C)C2)cc1. The molecule has 5 heteroatoms. The molecule has 5 rings (SSSR count). The van der Waals surface area contributed by atoms with Crippen LogP contribution in [0.4, 0.5) is 0 Å². The van der Waals surface area contributed by atoms with E-state index in [4.69, 9.17) is 8.92 Å². The Morgan fingerprint density at radius 1 is 0.927 bits per heavy atom. The molecule has 0 aliphatic heterocycles. The van der Waals surface area contributed by atoms with Crippen LogP contribution in [0.5, 0.6) is 0 Å². The van der Waals surface area contributed by atoms with Crippen LogP contribution in [-0.2, 0) is 19.0 Å². The van der Waals surface area contributed by atoms with Crippen LogP contribution in [0.25, 0.3) is 0 Å². The van der Waals surface area contributed by atoms with E-state index in [0.29, 0.717) is 17.4 Å². The molecule has 1 aromatic carbocycles. The molecule has 0 saturated heterocycles. The van der Waals surface area contributed by atoms with E-state index < -0.39 is 10.1 Å². The lowest BCUT2D eigenvalue weighted by Gasteiger charge is -2.58. The third-order valence-corrected chi connectivity index (χ3v) is 13.6. The van der Waals surface area contributed by atoms with Crippen molar-refractivity contribution in [2.75, 3.05) is 13.2 Å². The molecular weight excluding hydrogens is 528 g/mol. The van der Waals surface area contributed by atoms with Gasteiger partial charge in [-0.25, -0.2) is 0 Å². The van der Waals surface area contributed by atoms with E-state index in [1.165, 1.54) is 57.8 Å². The highest BCUT2D eigenvalue weighted by atomic mass is 32.2. The molecule has 3 fully saturated rings. The summed E-state index contributed by atoms with van der Waals surface area (Å²) in [5.74, 6) is 5.11. The monoisotopic (exact) mass is 584 g/mol. The van der Waals surface area contributed by atoms with E-state index in [2.05, 4.69) is 40.7 Å². The summed E-state index contributed by atoms with van der Waals surface area (Å²) in [6.45, 7) is 14.8. The van der Waals surface area contributed by atoms with E-state index in [1.807, 2.05) is 6.92 Å². The van der Waals surface area contributed by atoms with E-state index in [9.17, 15) is 8.42 Å². The molecule has 41 heavy (non-hydrogen) atoms. The Hall–Kier alpha value is -1.17. The highest BCUT2D eigenvalue weighted by Crippen LogP contribution is 2.67. The fourth-order valence-electron chi connectivity index (χ4n) is 9.93. The predicted molar refractivity (Wildman–Crippen MR) is 167 cm³/mol. The summed E-state index contributed by atoms with van der Waals surface area (Å²) in [5, 5.41) is 0. The van der Waals surface area contributed by atoms with Gasteiger partial charge in [0.25, 0.3) is 10.1 Å². The van der Waals surface area contributed by atoms with E-state index >= 15 is 0 Å². The highest BCUT2D eigenvalue weighted by molar-refractivity contribution is 7.86. The van der Waals surface area contributed by atoms with Crippen LogP contribution < -0.4 is 0 Å². The lowest BCUT2D eigenvalue weighted by molar-refractivity contribution is -0.0652. The zero-order chi connectivity index (χ0) is 29.4. The van der Waals surface area contributed by atoms with Gasteiger partial charge in [0.15, 0.2) is 0 Å². The van der Waals surface area contributed by atoms with Gasteiger partial charge in [-0.1, -0.05) is 83.2 Å². The van der Waals surface area contributed by atoms with Crippen LogP contribution >= 0.6 is 0 Å². The Balaban J connectivity index is 1.15. The quantitative estimate of drug-likeness (QED) is 0.148. The fourth-order valence-corrected chi connectivity index (χ4v) is 10.8. The zero-order valence-corrected chi connectivity index (χ0v) is 27.5. The van der Waals surface area contributed by atoms with Gasteiger partial charge in [0.05, 0.1) is 24.2 Å². The molecule has 4 aliphatic carbocycles. The van der Waals surface area contributed by atoms with Crippen LogP contribution in [-0.4, -0.2) is 27.7 Å². The number of hydrogen-bond acceptors (Lipinski definition) is 4. The lowest BCUT2D eigenvalue weighted by atomic mass is 9.47. The van der Waals surface area contributed by atoms with Gasteiger partial charge in [-0.3, -0.25) is 4.18 Å². The summed E-state index contributed by atoms with van der Waals surface area (Å²) < 4.78 is 36.5. The predicted octanol–water partition coefficient (Wildman–Crippen LogP) is 9.13. The van der Waals surface area contributed by atoms with E-state index in [-0.39, 0.29) is 17.6 Å². The van der Waals surface area contributed by atoms with Gasteiger partial charge in [-0.15, -0.1) is 0 Å². The van der Waals surface area contributed by atoms with Crippen molar-refractivity contribution in [3.8, 4) is 0 Å². The Kier molecular flexibility index (Phi) is 9.49. The Bertz CT molecular complexity index is 1170. The summed E-state index contributed by atoms with van der Waals surface area (Å²) in [4.78, 5) is 0.205. The molecule has 230 valence electrons. The molecule has 4 nitrogen and oxygen atoms in total. The van der Waals surface area contributed by atoms with Crippen molar-refractivity contribution < 1.29 is 17.3 Å². The van der Waals surface area contributed by atoms with Crippen LogP contribution in [0.2, 0.25) is 0 Å². The van der Waals surface area contributed by atoms with Gasteiger partial charge >= 0.3 is 0 Å². The maximum Gasteiger partial charge on any atom is 0.297 e. The van der Waals surface area contributed by atoms with Gasteiger partial charge in [-0.05, 0) is 117 Å². The van der Waals surface area contributed by atoms with Gasteiger partial charge in [0, 0.05) is 0 Å². The van der Waals surface area contributed by atoms with Gasteiger partial charge in [0.2, 0.25) is 0 Å². The average Bonchev–Trinajstić information content (AvgIpc) is 3.28. The lowest BCUT2D eigenvalue weighted by Crippen LogP contribution is -2.51. The number of benzene rings is 1. The fraction of sp³-hybridized carbons (Fsp3) is 0.778. The minimum Gasteiger partial charge on any atom is -0.375 e. The minimum atomic E-state index is -3.74. The van der Waals surface area contributed by atoms with E-state index in [1.54, 1.807) is 29.8 Å². The molecule has 3 unspecified atom stereocenters. The maximum atomic E-state index is 12.5. The minimum absolute atomic E-state index is 0.0606. The second-order valence-corrected chi connectivity index (χ2v) is 16.7. The van der Waals surface area contributed by atoms with Crippen LogP contribution in [0, 0.1) is 53.3 Å². The highest BCUT2D eigenvalue weighted by Gasteiger charge is 2.59. The number of ether oxygens (including phenoxy) is 1. The molecule has 3 saturated carbocycles. The van der Waals surface area contributed by atoms with Gasteiger partial charge in [-0.2, -0.15) is 8.42 Å². The number of rotatable bonds is 11. The molecular formula is C36H56O4S. The smallest absolute Gasteiger partial charge is 0.297 e. The molecule has 0 N–H and O–H groups in total. The van der Waals surface area contributed by atoms with Crippen LogP contribution in [0.15, 0.2) is 40.8 Å². The summed E-state index contributed by atoms with van der Waals surface area (Å²) in [6.07, 6.45) is 17.1. The molecule has 1 aromatic rings. The molecule has 0 spiro atoms. The van der Waals surface area contributed by atoms with Crippen molar-refractivity contribution in [2.45, 2.75) is 123 Å². The first-order valence-corrected chi connectivity index (χ1v) is 18.1. The number of aryl methyl sites for hydroxylation is 1. The number of hydrogen-bond donors (Lipinski definition) is 0. The Morgan fingerprint density at radius 3 is 2.41 bits per heavy atom. The number of fused-ring (bicyclic) bond motifs is 5. The standard InChI is InChI=1S/C36H56O4S/c1-25(2)8-7-9-27(4)32-16-17-33-31-15-12-28-24-29(18-20-35(28,5)34(31)19-21-36(32,33)6)39-22-23-40-41(37,38)30-13-10-26(3)11-14-30/h10-14,25,27,29,31-34H,7-9,15-24H2,1-6H3/t27-,29+,31?,32-,33?,34?,35+,36-/m1/s1. The van der Waals surface area contributed by atoms with Crippen molar-refractivity contribution in [1.29, 1.82) is 0 Å². The van der Waals surface area contributed by atoms with Crippen molar-refractivity contribution in [1.82, 2.24) is 0 Å². The molecule has 0 amide bonds. The molecule has 0 radical (unpaired) electrons.